The summed E-state index contributed by atoms with van der Waals surface area (Å²) in [4.78, 5) is 26.1. The molecule has 1 heterocycles. The smallest absolute Gasteiger partial charge is 0.412 e. The molecule has 2 atom stereocenters. The quantitative estimate of drug-likeness (QED) is 0.489. The van der Waals surface area contributed by atoms with Crippen molar-refractivity contribution in [1.29, 1.82) is 0 Å². The number of nitrogens with one attached hydrogen (secondary N) is 1. The Bertz CT molecular complexity index is 1220. The Labute approximate surface area is 199 Å². The van der Waals surface area contributed by atoms with Crippen molar-refractivity contribution in [3.05, 3.63) is 77.9 Å². The fraction of sp³-hybridized carbons (Fsp3) is 0.200. The summed E-state index contributed by atoms with van der Waals surface area (Å²) in [5.74, 6) is 0.744. The molecule has 10 heteroatoms. The number of fused-ring (bicyclic) bond motifs is 1. The highest BCUT2D eigenvalue weighted by Gasteiger charge is 2.41. The molecule has 0 aliphatic carbocycles. The van der Waals surface area contributed by atoms with E-state index in [1.165, 1.54) is 44.6 Å². The number of halogens is 2. The number of rotatable bonds is 7. The van der Waals surface area contributed by atoms with Crippen molar-refractivity contribution in [3.8, 4) is 23.0 Å². The summed E-state index contributed by atoms with van der Waals surface area (Å²) >= 11 is 0. The van der Waals surface area contributed by atoms with Crippen molar-refractivity contribution >= 4 is 17.6 Å². The van der Waals surface area contributed by atoms with Gasteiger partial charge in [-0.05, 0) is 54.6 Å². The number of methoxy groups -OCH3 is 2. The third-order valence-electron chi connectivity index (χ3n) is 5.22. The van der Waals surface area contributed by atoms with Crippen molar-refractivity contribution in [1.82, 2.24) is 0 Å². The molecule has 182 valence electrons. The van der Waals surface area contributed by atoms with Crippen molar-refractivity contribution < 1.29 is 42.1 Å². The van der Waals surface area contributed by atoms with Gasteiger partial charge in [-0.25, -0.2) is 4.79 Å². The van der Waals surface area contributed by atoms with Gasteiger partial charge in [0.1, 0.15) is 23.0 Å². The fourth-order valence-corrected chi connectivity index (χ4v) is 3.58. The van der Waals surface area contributed by atoms with Crippen molar-refractivity contribution in [2.45, 2.75) is 18.8 Å². The molecule has 3 aromatic rings. The average Bonchev–Trinajstić information content (AvgIpc) is 2.86. The van der Waals surface area contributed by atoms with Crippen LogP contribution in [0.1, 0.15) is 22.0 Å². The Kier molecular flexibility index (Phi) is 7.00. The molecule has 8 nitrogen and oxygen atoms in total. The van der Waals surface area contributed by atoms with E-state index in [1.54, 1.807) is 36.4 Å². The number of hydrogen-bond acceptors (Lipinski definition) is 7. The molecule has 3 aromatic carbocycles. The highest BCUT2D eigenvalue weighted by atomic mass is 19.3. The number of amides is 1. The van der Waals surface area contributed by atoms with Gasteiger partial charge < -0.3 is 23.7 Å². The molecule has 0 saturated carbocycles. The van der Waals surface area contributed by atoms with Crippen LogP contribution >= 0.6 is 0 Å². The predicted octanol–water partition coefficient (Wildman–Crippen LogP) is 5.24. The lowest BCUT2D eigenvalue weighted by Crippen LogP contribution is -2.40. The number of hydrogen-bond donors (Lipinski definition) is 1. The Morgan fingerprint density at radius 3 is 2.31 bits per heavy atom. The van der Waals surface area contributed by atoms with Gasteiger partial charge in [0, 0.05) is 11.3 Å². The molecular formula is C25H21F2NO7. The molecule has 0 bridgehead atoms. The van der Waals surface area contributed by atoms with Gasteiger partial charge in [0.2, 0.25) is 11.9 Å². The molecule has 1 amide bonds. The Morgan fingerprint density at radius 1 is 0.943 bits per heavy atom. The topological polar surface area (TPSA) is 92.3 Å². The zero-order chi connectivity index (χ0) is 24.9. The lowest BCUT2D eigenvalue weighted by atomic mass is 9.93. The lowest BCUT2D eigenvalue weighted by Gasteiger charge is -2.32. The second kappa shape index (κ2) is 10.3. The van der Waals surface area contributed by atoms with Crippen LogP contribution in [0.15, 0.2) is 66.7 Å². The van der Waals surface area contributed by atoms with E-state index in [-0.39, 0.29) is 17.0 Å². The summed E-state index contributed by atoms with van der Waals surface area (Å²) in [7, 11) is 2.97. The van der Waals surface area contributed by atoms with Gasteiger partial charge in [0.05, 0.1) is 19.8 Å². The van der Waals surface area contributed by atoms with Crippen LogP contribution in [0.2, 0.25) is 0 Å². The van der Waals surface area contributed by atoms with E-state index in [2.05, 4.69) is 10.1 Å². The second-order valence-electron chi connectivity index (χ2n) is 7.40. The minimum atomic E-state index is -2.97. The minimum Gasteiger partial charge on any atom is -0.497 e. The number of alkyl halides is 2. The van der Waals surface area contributed by atoms with Gasteiger partial charge in [-0.1, -0.05) is 12.1 Å². The van der Waals surface area contributed by atoms with Gasteiger partial charge in [0.15, 0.2) is 6.10 Å². The molecule has 1 N–H and O–H groups in total. The Hall–Kier alpha value is -4.34. The summed E-state index contributed by atoms with van der Waals surface area (Å²) < 4.78 is 51.0. The molecule has 0 radical (unpaired) electrons. The SMILES string of the molecule is COc1cccc([C@@H]2Oc3ccc(OC)cc3C(=O)[C@H]2OC(=O)Nc2ccc(OC(F)F)cc2)c1. The fourth-order valence-electron chi connectivity index (χ4n) is 3.58. The molecule has 0 fully saturated rings. The van der Waals surface area contributed by atoms with Gasteiger partial charge in [0.25, 0.3) is 0 Å². The third-order valence-corrected chi connectivity index (χ3v) is 5.22. The highest BCUT2D eigenvalue weighted by Crippen LogP contribution is 2.39. The predicted molar refractivity (Wildman–Crippen MR) is 121 cm³/mol. The standard InChI is InChI=1S/C25H21F2NO7/c1-31-17-5-3-4-14(12-17)22-23(21(29)19-13-18(32-2)10-11-20(19)34-22)35-25(30)28-15-6-8-16(9-7-15)33-24(26)27/h3-13,22-24H,1-2H3,(H,28,30)/t22-,23+/m0/s1. The Morgan fingerprint density at radius 2 is 1.63 bits per heavy atom. The number of anilines is 1. The van der Waals surface area contributed by atoms with Crippen LogP contribution in [0.3, 0.4) is 0 Å². The van der Waals surface area contributed by atoms with E-state index >= 15 is 0 Å². The summed E-state index contributed by atoms with van der Waals surface area (Å²) in [6.07, 6.45) is -3.22. The van der Waals surface area contributed by atoms with Crippen molar-refractivity contribution in [2.24, 2.45) is 0 Å². The number of benzene rings is 3. The van der Waals surface area contributed by atoms with E-state index in [1.807, 2.05) is 0 Å². The van der Waals surface area contributed by atoms with Crippen molar-refractivity contribution in [3.63, 3.8) is 0 Å². The molecule has 0 saturated heterocycles. The van der Waals surface area contributed by atoms with Crippen molar-refractivity contribution in [2.75, 3.05) is 19.5 Å². The molecule has 0 aromatic heterocycles. The number of carbonyl (C=O) groups excluding carboxylic acids is 2. The number of carbonyl (C=O) groups is 2. The first-order valence-corrected chi connectivity index (χ1v) is 10.4. The van der Waals surface area contributed by atoms with Crippen LogP contribution in [0.5, 0.6) is 23.0 Å². The molecule has 35 heavy (non-hydrogen) atoms. The first kappa shape index (κ1) is 23.8. The lowest BCUT2D eigenvalue weighted by molar-refractivity contribution is -0.0498. The van der Waals surface area contributed by atoms with Crippen LogP contribution in [-0.2, 0) is 4.74 Å². The van der Waals surface area contributed by atoms with Crippen LogP contribution in [0.25, 0.3) is 0 Å². The average molecular weight is 485 g/mol. The van der Waals surface area contributed by atoms with E-state index in [0.29, 0.717) is 22.8 Å². The Balaban J connectivity index is 1.59. The first-order valence-electron chi connectivity index (χ1n) is 10.4. The van der Waals surface area contributed by atoms with Gasteiger partial charge in [-0.2, -0.15) is 8.78 Å². The maximum absolute atomic E-state index is 13.4. The monoisotopic (exact) mass is 485 g/mol. The summed E-state index contributed by atoms with van der Waals surface area (Å²) in [5, 5.41) is 2.47. The maximum Gasteiger partial charge on any atom is 0.412 e. The normalized spacial score (nSPS) is 16.7. The zero-order valence-corrected chi connectivity index (χ0v) is 18.7. The zero-order valence-electron chi connectivity index (χ0n) is 18.7. The summed E-state index contributed by atoms with van der Waals surface area (Å²) in [6, 6.07) is 16.9. The van der Waals surface area contributed by atoms with E-state index in [0.717, 1.165) is 0 Å². The van der Waals surface area contributed by atoms with E-state index < -0.39 is 30.7 Å². The van der Waals surface area contributed by atoms with Gasteiger partial charge in [-0.3, -0.25) is 10.1 Å². The van der Waals surface area contributed by atoms with Crippen LogP contribution in [0.4, 0.5) is 19.3 Å². The van der Waals surface area contributed by atoms with Crippen LogP contribution < -0.4 is 24.3 Å². The van der Waals surface area contributed by atoms with E-state index in [9.17, 15) is 18.4 Å². The molecular weight excluding hydrogens is 464 g/mol. The molecule has 4 rings (SSSR count). The highest BCUT2D eigenvalue weighted by molar-refractivity contribution is 6.05. The maximum atomic E-state index is 13.4. The van der Waals surface area contributed by atoms with Crippen LogP contribution in [0, 0.1) is 0 Å². The molecule has 0 spiro atoms. The summed E-state index contributed by atoms with van der Waals surface area (Å²) in [5.41, 5.74) is 1.01. The second-order valence-corrected chi connectivity index (χ2v) is 7.40. The first-order chi connectivity index (χ1) is 16.9. The molecule has 1 aliphatic heterocycles. The molecule has 0 unspecified atom stereocenters. The minimum absolute atomic E-state index is 0.0709. The number of ether oxygens (including phenoxy) is 5. The molecule has 1 aliphatic rings. The van der Waals surface area contributed by atoms with E-state index in [4.69, 9.17) is 18.9 Å². The van der Waals surface area contributed by atoms with Crippen LogP contribution in [-0.4, -0.2) is 38.8 Å². The summed E-state index contributed by atoms with van der Waals surface area (Å²) in [6.45, 7) is -2.97. The number of Topliss-reactive ketones (excluding diaryl/α,β-unsaturated/α-hetero) is 1. The largest absolute Gasteiger partial charge is 0.497 e. The number of ketones is 1. The van der Waals surface area contributed by atoms with Gasteiger partial charge in [-0.15, -0.1) is 0 Å². The van der Waals surface area contributed by atoms with Gasteiger partial charge >= 0.3 is 12.7 Å². The third kappa shape index (κ3) is 5.43.